The number of nitrogens with two attached hydrogens (primary N) is 1. The van der Waals surface area contributed by atoms with Gasteiger partial charge in [0.2, 0.25) is 0 Å². The van der Waals surface area contributed by atoms with Crippen LogP contribution in [0.2, 0.25) is 0 Å². The third-order valence-electron chi connectivity index (χ3n) is 2.52. The van der Waals surface area contributed by atoms with Gasteiger partial charge in [-0.2, -0.15) is 13.2 Å². The number of hydrogen-bond acceptors (Lipinski definition) is 3. The van der Waals surface area contributed by atoms with Crippen LogP contribution in [0.5, 0.6) is 0 Å². The van der Waals surface area contributed by atoms with Gasteiger partial charge in [-0.15, -0.1) is 11.3 Å². The molecule has 0 saturated carbocycles. The van der Waals surface area contributed by atoms with E-state index in [-0.39, 0.29) is 17.5 Å². The molecule has 0 saturated heterocycles. The second-order valence-corrected chi connectivity index (χ2v) is 5.26. The van der Waals surface area contributed by atoms with Gasteiger partial charge in [0.05, 0.1) is 6.54 Å². The fourth-order valence-corrected chi connectivity index (χ4v) is 2.30. The molecule has 0 atom stereocenters. The molecule has 2 rings (SSSR count). The number of aryl methyl sites for hydroxylation is 1. The Morgan fingerprint density at radius 2 is 2.19 bits per heavy atom. The molecule has 0 fully saturated rings. The van der Waals surface area contributed by atoms with Crippen LogP contribution in [-0.2, 0) is 12.7 Å². The Kier molecular flexibility index (Phi) is 4.46. The van der Waals surface area contributed by atoms with Gasteiger partial charge in [0, 0.05) is 11.1 Å². The maximum atomic E-state index is 12.4. The van der Waals surface area contributed by atoms with E-state index in [2.05, 4.69) is 15.3 Å². The van der Waals surface area contributed by atoms with Crippen LogP contribution >= 0.6 is 11.3 Å². The lowest BCUT2D eigenvalue weighted by atomic mass is 10.2. The topological polar surface area (TPSA) is 63.3 Å². The molecular weight excluding hydrogens is 301 g/mol. The van der Waals surface area contributed by atoms with Gasteiger partial charge >= 0.3 is 6.18 Å². The highest BCUT2D eigenvalue weighted by Gasteiger charge is 2.33. The second-order valence-electron chi connectivity index (χ2n) is 4.32. The summed E-state index contributed by atoms with van der Waals surface area (Å²) in [7, 11) is 0. The molecule has 0 aliphatic rings. The van der Waals surface area contributed by atoms with Gasteiger partial charge in [0.25, 0.3) is 0 Å². The zero-order valence-electron chi connectivity index (χ0n) is 11.1. The van der Waals surface area contributed by atoms with Gasteiger partial charge in [-0.1, -0.05) is 12.1 Å². The van der Waals surface area contributed by atoms with Gasteiger partial charge in [0.15, 0.2) is 11.7 Å². The fourth-order valence-electron chi connectivity index (χ4n) is 1.58. The van der Waals surface area contributed by atoms with E-state index >= 15 is 0 Å². The van der Waals surface area contributed by atoms with Crippen LogP contribution in [0.15, 0.2) is 34.6 Å². The summed E-state index contributed by atoms with van der Waals surface area (Å²) in [5, 5.41) is 4.10. The molecule has 0 aliphatic heterocycles. The number of guanidine groups is 1. The van der Waals surface area contributed by atoms with Gasteiger partial charge < -0.3 is 11.1 Å². The molecule has 3 N–H and O–H groups in total. The molecule has 21 heavy (non-hydrogen) atoms. The number of nitrogens with zero attached hydrogens (tertiary/aromatic N) is 2. The normalized spacial score (nSPS) is 12.5. The number of anilines is 1. The van der Waals surface area contributed by atoms with Crippen LogP contribution in [0.3, 0.4) is 0 Å². The number of nitrogens with one attached hydrogen (secondary N) is 1. The Morgan fingerprint density at radius 1 is 1.43 bits per heavy atom. The highest BCUT2D eigenvalue weighted by Crippen LogP contribution is 2.30. The van der Waals surface area contributed by atoms with Crippen molar-refractivity contribution in [2.24, 2.45) is 10.7 Å². The van der Waals surface area contributed by atoms with Crippen LogP contribution in [0.1, 0.15) is 16.3 Å². The predicted octanol–water partition coefficient (Wildman–Crippen LogP) is 3.40. The lowest BCUT2D eigenvalue weighted by molar-refractivity contribution is -0.140. The lowest BCUT2D eigenvalue weighted by Crippen LogP contribution is -2.22. The first-order valence-electron chi connectivity index (χ1n) is 6.00. The summed E-state index contributed by atoms with van der Waals surface area (Å²) >= 11 is 0.906. The van der Waals surface area contributed by atoms with Crippen molar-refractivity contribution in [3.05, 3.63) is 45.9 Å². The number of aliphatic imine (C=N–C) groups is 1. The lowest BCUT2D eigenvalue weighted by Gasteiger charge is -2.05. The molecule has 8 heteroatoms. The quantitative estimate of drug-likeness (QED) is 0.674. The van der Waals surface area contributed by atoms with Gasteiger partial charge in [-0.25, -0.2) is 9.98 Å². The summed E-state index contributed by atoms with van der Waals surface area (Å²) in [6.07, 6.45) is -4.43. The standard InChI is InChI=1S/C13H13F3N4S/c1-8-3-2-4-9(5-8)19-12(17)18-6-11-20-10(7-21-11)13(14,15)16/h2-5,7H,6H2,1H3,(H3,17,18,19). The first-order chi connectivity index (χ1) is 9.84. The first kappa shape index (κ1) is 15.3. The number of halogens is 3. The van der Waals surface area contributed by atoms with E-state index in [1.165, 1.54) is 0 Å². The molecule has 0 radical (unpaired) electrons. The van der Waals surface area contributed by atoms with Crippen molar-refractivity contribution in [1.29, 1.82) is 0 Å². The van der Waals surface area contributed by atoms with E-state index in [4.69, 9.17) is 5.73 Å². The minimum absolute atomic E-state index is 0.00535. The second kappa shape index (κ2) is 6.13. The molecule has 0 amide bonds. The SMILES string of the molecule is Cc1cccc(NC(N)=NCc2nc(C(F)(F)F)cs2)c1. The van der Waals surface area contributed by atoms with Crippen LogP contribution in [0.4, 0.5) is 18.9 Å². The van der Waals surface area contributed by atoms with Crippen molar-refractivity contribution >= 4 is 23.0 Å². The van der Waals surface area contributed by atoms with E-state index in [0.717, 1.165) is 28.0 Å². The molecule has 1 aromatic carbocycles. The minimum Gasteiger partial charge on any atom is -0.370 e. The van der Waals surface area contributed by atoms with Gasteiger partial charge in [-0.3, -0.25) is 0 Å². The zero-order valence-corrected chi connectivity index (χ0v) is 11.9. The summed E-state index contributed by atoms with van der Waals surface area (Å²) in [4.78, 5) is 7.46. The summed E-state index contributed by atoms with van der Waals surface area (Å²) in [6.45, 7) is 1.94. The van der Waals surface area contributed by atoms with E-state index in [9.17, 15) is 13.2 Å². The van der Waals surface area contributed by atoms with E-state index < -0.39 is 11.9 Å². The molecule has 1 aromatic heterocycles. The Morgan fingerprint density at radius 3 is 2.81 bits per heavy atom. The van der Waals surface area contributed by atoms with Gasteiger partial charge in [0.1, 0.15) is 5.01 Å². The molecule has 2 aromatic rings. The van der Waals surface area contributed by atoms with Gasteiger partial charge in [-0.05, 0) is 24.6 Å². The van der Waals surface area contributed by atoms with Crippen LogP contribution < -0.4 is 11.1 Å². The first-order valence-corrected chi connectivity index (χ1v) is 6.88. The third-order valence-corrected chi connectivity index (χ3v) is 3.35. The van der Waals surface area contributed by atoms with E-state index in [1.807, 2.05) is 31.2 Å². The maximum absolute atomic E-state index is 12.4. The Hall–Kier alpha value is -2.09. The number of rotatable bonds is 3. The summed E-state index contributed by atoms with van der Waals surface area (Å²) in [5.74, 6) is 0.129. The monoisotopic (exact) mass is 314 g/mol. The zero-order chi connectivity index (χ0) is 15.5. The maximum Gasteiger partial charge on any atom is 0.434 e. The Balaban J connectivity index is 1.99. The number of thiazole rings is 1. The minimum atomic E-state index is -4.43. The molecular formula is C13H13F3N4S. The smallest absolute Gasteiger partial charge is 0.370 e. The highest BCUT2D eigenvalue weighted by molar-refractivity contribution is 7.09. The van der Waals surface area contributed by atoms with Crippen molar-refractivity contribution in [2.75, 3.05) is 5.32 Å². The van der Waals surface area contributed by atoms with E-state index in [0.29, 0.717) is 0 Å². The Labute approximate surface area is 123 Å². The summed E-state index contributed by atoms with van der Waals surface area (Å²) < 4.78 is 37.2. The molecule has 0 spiro atoms. The third kappa shape index (κ3) is 4.45. The van der Waals surface area contributed by atoms with Crippen LogP contribution in [0, 0.1) is 6.92 Å². The molecule has 4 nitrogen and oxygen atoms in total. The van der Waals surface area contributed by atoms with Crippen LogP contribution in [0.25, 0.3) is 0 Å². The largest absolute Gasteiger partial charge is 0.434 e. The summed E-state index contributed by atoms with van der Waals surface area (Å²) in [5.41, 5.74) is 6.62. The average Bonchev–Trinajstić information content (AvgIpc) is 2.85. The highest BCUT2D eigenvalue weighted by atomic mass is 32.1. The van der Waals surface area contributed by atoms with Crippen molar-refractivity contribution in [1.82, 2.24) is 4.98 Å². The van der Waals surface area contributed by atoms with Crippen molar-refractivity contribution in [2.45, 2.75) is 19.6 Å². The van der Waals surface area contributed by atoms with Crippen LogP contribution in [-0.4, -0.2) is 10.9 Å². The fraction of sp³-hybridized carbons (Fsp3) is 0.231. The predicted molar refractivity (Wildman–Crippen MR) is 77.2 cm³/mol. The van der Waals surface area contributed by atoms with E-state index in [1.54, 1.807) is 0 Å². The van der Waals surface area contributed by atoms with Crippen molar-refractivity contribution in [3.63, 3.8) is 0 Å². The molecule has 0 aliphatic carbocycles. The number of aromatic nitrogens is 1. The number of alkyl halides is 3. The molecule has 0 bridgehead atoms. The molecule has 112 valence electrons. The van der Waals surface area contributed by atoms with Crippen molar-refractivity contribution < 1.29 is 13.2 Å². The average molecular weight is 314 g/mol. The molecule has 1 heterocycles. The molecule has 0 unspecified atom stereocenters. The Bertz CT molecular complexity index is 649. The number of hydrogen-bond donors (Lipinski definition) is 2. The van der Waals surface area contributed by atoms with Crippen molar-refractivity contribution in [3.8, 4) is 0 Å². The summed E-state index contributed by atoms with van der Waals surface area (Å²) in [6, 6.07) is 7.50. The number of benzene rings is 1.